The van der Waals surface area contributed by atoms with Crippen LogP contribution in [-0.4, -0.2) is 5.84 Å². The van der Waals surface area contributed by atoms with Gasteiger partial charge in [-0.25, -0.2) is 4.99 Å². The van der Waals surface area contributed by atoms with Crippen molar-refractivity contribution in [1.82, 2.24) is 0 Å². The second-order valence-electron chi connectivity index (χ2n) is 4.71. The average molecular weight is 490 g/mol. The number of nitrogens with zero attached hydrogens (tertiary/aromatic N) is 1. The number of aryl methyl sites for hydroxylation is 2. The highest BCUT2D eigenvalue weighted by atomic mass is 127. The quantitative estimate of drug-likeness (QED) is 0.328. The molecule has 0 saturated heterocycles. The van der Waals surface area contributed by atoms with Gasteiger partial charge in [0.2, 0.25) is 0 Å². The average Bonchev–Trinajstić information content (AvgIpc) is 2.36. The molecule has 0 saturated carbocycles. The Bertz CT molecular complexity index is 664. The molecule has 0 amide bonds. The largest absolute Gasteiger partial charge is 0.344 e. The van der Waals surface area contributed by atoms with Gasteiger partial charge in [-0.1, -0.05) is 0 Å². The minimum absolute atomic E-state index is 0.901. The van der Waals surface area contributed by atoms with E-state index in [2.05, 4.69) is 106 Å². The van der Waals surface area contributed by atoms with Crippen molar-refractivity contribution < 1.29 is 0 Å². The van der Waals surface area contributed by atoms with Crippen molar-refractivity contribution in [2.24, 2.45) is 4.99 Å². The second kappa shape index (κ2) is 6.89. The number of hydrogen-bond donors (Lipinski definition) is 1. The summed E-state index contributed by atoms with van der Waals surface area (Å²) in [5.74, 6) is 0.901. The first-order valence-electron chi connectivity index (χ1n) is 6.30. The Hall–Kier alpha value is -0.630. The van der Waals surface area contributed by atoms with Crippen molar-refractivity contribution in [3.05, 3.63) is 54.7 Å². The third-order valence-corrected chi connectivity index (χ3v) is 4.29. The number of amidine groups is 1. The smallest absolute Gasteiger partial charge is 0.103 e. The highest BCUT2D eigenvalue weighted by molar-refractivity contribution is 14.1. The minimum Gasteiger partial charge on any atom is -0.344 e. The molecule has 0 unspecified atom stereocenters. The first-order chi connectivity index (χ1) is 9.45. The van der Waals surface area contributed by atoms with E-state index in [4.69, 9.17) is 0 Å². The van der Waals surface area contributed by atoms with Crippen molar-refractivity contribution in [3.8, 4) is 0 Å². The summed E-state index contributed by atoms with van der Waals surface area (Å²) >= 11 is 4.64. The molecule has 2 rings (SSSR count). The van der Waals surface area contributed by atoms with Crippen LogP contribution >= 0.6 is 45.2 Å². The second-order valence-corrected chi connectivity index (χ2v) is 7.20. The lowest BCUT2D eigenvalue weighted by molar-refractivity contribution is 1.36. The number of benzene rings is 2. The van der Waals surface area contributed by atoms with Gasteiger partial charge in [0.25, 0.3) is 0 Å². The van der Waals surface area contributed by atoms with Gasteiger partial charge in [-0.2, -0.15) is 0 Å². The highest BCUT2D eigenvalue weighted by Crippen LogP contribution is 2.22. The van der Waals surface area contributed by atoms with Crippen LogP contribution in [0.15, 0.2) is 41.4 Å². The maximum atomic E-state index is 4.66. The first-order valence-corrected chi connectivity index (χ1v) is 8.46. The minimum atomic E-state index is 0.901. The summed E-state index contributed by atoms with van der Waals surface area (Å²) in [5, 5.41) is 3.37. The Balaban J connectivity index is 2.22. The fourth-order valence-electron chi connectivity index (χ4n) is 1.92. The van der Waals surface area contributed by atoms with E-state index in [0.717, 1.165) is 17.2 Å². The molecule has 0 atom stereocenters. The van der Waals surface area contributed by atoms with Gasteiger partial charge >= 0.3 is 0 Å². The molecule has 0 fully saturated rings. The molecule has 0 aliphatic carbocycles. The van der Waals surface area contributed by atoms with Crippen LogP contribution in [0.5, 0.6) is 0 Å². The zero-order valence-electron chi connectivity index (χ0n) is 11.7. The van der Waals surface area contributed by atoms with E-state index in [1.807, 2.05) is 6.92 Å². The lowest BCUT2D eigenvalue weighted by Crippen LogP contribution is -2.08. The van der Waals surface area contributed by atoms with Crippen LogP contribution in [0.1, 0.15) is 18.1 Å². The van der Waals surface area contributed by atoms with Crippen molar-refractivity contribution in [1.29, 1.82) is 0 Å². The molecule has 104 valence electrons. The van der Waals surface area contributed by atoms with E-state index in [1.54, 1.807) is 0 Å². The lowest BCUT2D eigenvalue weighted by Gasteiger charge is -2.10. The molecule has 0 aliphatic heterocycles. The number of nitrogens with one attached hydrogen (secondary N) is 1. The Labute approximate surface area is 147 Å². The van der Waals surface area contributed by atoms with E-state index in [1.165, 1.54) is 18.3 Å². The summed E-state index contributed by atoms with van der Waals surface area (Å²) in [6, 6.07) is 12.6. The Morgan fingerprint density at radius 2 is 1.55 bits per heavy atom. The SMILES string of the molecule is CC(=Nc1ccc(I)cc1C)Nc1ccc(I)cc1C. The summed E-state index contributed by atoms with van der Waals surface area (Å²) in [6.45, 7) is 6.19. The number of hydrogen-bond acceptors (Lipinski definition) is 1. The van der Waals surface area contributed by atoms with Crippen LogP contribution in [0.4, 0.5) is 11.4 Å². The number of aliphatic imine (C=N–C) groups is 1. The number of anilines is 1. The van der Waals surface area contributed by atoms with Gasteiger partial charge in [0.05, 0.1) is 5.69 Å². The fraction of sp³-hybridized carbons (Fsp3) is 0.188. The highest BCUT2D eigenvalue weighted by Gasteiger charge is 2.02. The molecular formula is C16H16I2N2. The standard InChI is InChI=1S/C16H16I2N2/c1-10-8-13(17)4-6-15(10)19-12(3)20-16-7-5-14(18)9-11(16)2/h4-9H,1-3H3,(H,19,20). The normalized spacial score (nSPS) is 11.6. The third kappa shape index (κ3) is 4.18. The summed E-state index contributed by atoms with van der Waals surface area (Å²) in [7, 11) is 0. The third-order valence-electron chi connectivity index (χ3n) is 2.95. The zero-order valence-corrected chi connectivity index (χ0v) is 16.0. The maximum absolute atomic E-state index is 4.66. The molecule has 0 spiro atoms. The Kier molecular flexibility index (Phi) is 5.42. The predicted molar refractivity (Wildman–Crippen MR) is 104 cm³/mol. The van der Waals surface area contributed by atoms with Crippen LogP contribution in [0, 0.1) is 21.0 Å². The maximum Gasteiger partial charge on any atom is 0.103 e. The van der Waals surface area contributed by atoms with Crippen LogP contribution in [0.3, 0.4) is 0 Å². The molecule has 0 heterocycles. The monoisotopic (exact) mass is 490 g/mol. The van der Waals surface area contributed by atoms with Crippen molar-refractivity contribution >= 4 is 62.4 Å². The molecule has 0 radical (unpaired) electrons. The molecule has 2 nitrogen and oxygen atoms in total. The molecule has 2 aromatic rings. The van der Waals surface area contributed by atoms with Gasteiger partial charge in [-0.05, 0) is 113 Å². The number of rotatable bonds is 2. The lowest BCUT2D eigenvalue weighted by atomic mass is 10.2. The molecule has 2 aromatic carbocycles. The van der Waals surface area contributed by atoms with E-state index in [0.29, 0.717) is 0 Å². The molecule has 0 aromatic heterocycles. The molecule has 20 heavy (non-hydrogen) atoms. The molecule has 4 heteroatoms. The Morgan fingerprint density at radius 3 is 2.15 bits per heavy atom. The van der Waals surface area contributed by atoms with Crippen LogP contribution in [-0.2, 0) is 0 Å². The van der Waals surface area contributed by atoms with Crippen molar-refractivity contribution in [2.45, 2.75) is 20.8 Å². The summed E-state index contributed by atoms with van der Waals surface area (Å²) in [5.41, 5.74) is 4.54. The van der Waals surface area contributed by atoms with Gasteiger partial charge in [0.1, 0.15) is 5.84 Å². The summed E-state index contributed by atoms with van der Waals surface area (Å²) in [6.07, 6.45) is 0. The van der Waals surface area contributed by atoms with Crippen LogP contribution in [0.2, 0.25) is 0 Å². The molecule has 0 bridgehead atoms. The summed E-state index contributed by atoms with van der Waals surface area (Å²) in [4.78, 5) is 4.66. The van der Waals surface area contributed by atoms with Gasteiger partial charge < -0.3 is 5.32 Å². The molecule has 1 N–H and O–H groups in total. The molecule has 0 aliphatic rings. The van der Waals surface area contributed by atoms with E-state index in [9.17, 15) is 0 Å². The topological polar surface area (TPSA) is 24.4 Å². The van der Waals surface area contributed by atoms with Gasteiger partial charge in [-0.3, -0.25) is 0 Å². The molecular weight excluding hydrogens is 474 g/mol. The summed E-state index contributed by atoms with van der Waals surface area (Å²) < 4.78 is 2.48. The predicted octanol–water partition coefficient (Wildman–Crippen LogP) is 5.67. The van der Waals surface area contributed by atoms with Gasteiger partial charge in [-0.15, -0.1) is 0 Å². The van der Waals surface area contributed by atoms with Crippen LogP contribution in [0.25, 0.3) is 0 Å². The fourth-order valence-corrected chi connectivity index (χ4v) is 3.21. The number of halogens is 2. The van der Waals surface area contributed by atoms with Gasteiger partial charge in [0.15, 0.2) is 0 Å². The van der Waals surface area contributed by atoms with Crippen molar-refractivity contribution in [3.63, 3.8) is 0 Å². The van der Waals surface area contributed by atoms with Gasteiger partial charge in [0, 0.05) is 12.8 Å². The van der Waals surface area contributed by atoms with E-state index >= 15 is 0 Å². The van der Waals surface area contributed by atoms with E-state index in [-0.39, 0.29) is 0 Å². The Morgan fingerprint density at radius 1 is 0.950 bits per heavy atom. The van der Waals surface area contributed by atoms with Crippen molar-refractivity contribution in [2.75, 3.05) is 5.32 Å². The van der Waals surface area contributed by atoms with E-state index < -0.39 is 0 Å². The zero-order chi connectivity index (χ0) is 14.7. The first kappa shape index (κ1) is 15.8. The van der Waals surface area contributed by atoms with Crippen LogP contribution < -0.4 is 5.32 Å².